The fourth-order valence-electron chi connectivity index (χ4n) is 4.66. The Morgan fingerprint density at radius 1 is 0.564 bits per heavy atom. The maximum absolute atomic E-state index is 12.6. The molecule has 3 N–H and O–H groups in total. The van der Waals surface area contributed by atoms with E-state index in [0.717, 1.165) is 83.5 Å². The molecular weight excluding hydrogens is 713 g/mol. The molecule has 0 amide bonds. The molecule has 0 rings (SSSR count). The molecule has 9 nitrogen and oxygen atoms in total. The summed E-state index contributed by atoms with van der Waals surface area (Å²) in [5.74, 6) is -0.948. The highest BCUT2D eigenvalue weighted by atomic mass is 31.2. The van der Waals surface area contributed by atoms with Crippen molar-refractivity contribution in [3.05, 3.63) is 109 Å². The standard InChI is InChI=1S/C45H72NO8P/c1-3-5-7-9-11-13-15-17-19-21-23-25-27-29-31-33-35-37-44(47)51-41-43(42-53-55(49,50)52-40-39-46)54-45(48)38-36-34-32-30-28-26-24-22-20-18-16-14-12-10-8-6-4-2/h5,7-8,10-11,13-14,16-17,19-20,22-23,25-26,28-29,31,43H,3-4,6,9,12,15,18,21,24,27,30,32-42,46H2,1-2H3,(H,49,50)/b7-5+,10-8+,13-11+,16-14+,19-17+,22-20+,25-23+,28-26+,31-29+/t43-/m1/s1. The lowest BCUT2D eigenvalue weighted by molar-refractivity contribution is -0.161. The Morgan fingerprint density at radius 2 is 1.02 bits per heavy atom. The minimum atomic E-state index is -4.41. The Bertz CT molecular complexity index is 1260. The Labute approximate surface area is 333 Å². The van der Waals surface area contributed by atoms with Gasteiger partial charge in [-0.2, -0.15) is 0 Å². The molecule has 0 aliphatic carbocycles. The average Bonchev–Trinajstić information content (AvgIpc) is 3.17. The zero-order valence-electron chi connectivity index (χ0n) is 33.9. The van der Waals surface area contributed by atoms with E-state index in [9.17, 15) is 19.0 Å². The molecule has 0 spiro atoms. The third-order valence-corrected chi connectivity index (χ3v) is 8.61. The molecule has 1 unspecified atom stereocenters. The SMILES string of the molecule is CC/C=C/C/C=C/C/C=C/C/C=C/C/C=C/CCCC(=O)OC[C@H](COP(=O)(O)OCCN)OC(=O)CCCCC/C=C/C/C=C/C/C=C/C/C=C/CCC. The first-order valence-corrected chi connectivity index (χ1v) is 21.9. The summed E-state index contributed by atoms with van der Waals surface area (Å²) in [6.07, 6.45) is 52.7. The van der Waals surface area contributed by atoms with Crippen molar-refractivity contribution >= 4 is 19.8 Å². The number of esters is 2. The summed E-state index contributed by atoms with van der Waals surface area (Å²) < 4.78 is 32.6. The van der Waals surface area contributed by atoms with E-state index in [-0.39, 0.29) is 32.6 Å². The Hall–Kier alpha value is -3.33. The smallest absolute Gasteiger partial charge is 0.462 e. The van der Waals surface area contributed by atoms with E-state index >= 15 is 0 Å². The third kappa shape index (κ3) is 40.2. The molecule has 0 aromatic heterocycles. The van der Waals surface area contributed by atoms with Crippen molar-refractivity contribution in [1.82, 2.24) is 0 Å². The van der Waals surface area contributed by atoms with E-state index in [1.807, 2.05) is 6.08 Å². The first-order chi connectivity index (χ1) is 26.8. The lowest BCUT2D eigenvalue weighted by atomic mass is 10.1. The molecule has 0 aliphatic rings. The lowest BCUT2D eigenvalue weighted by Gasteiger charge is -2.19. The van der Waals surface area contributed by atoms with Crippen molar-refractivity contribution in [2.45, 2.75) is 136 Å². The lowest BCUT2D eigenvalue weighted by Crippen LogP contribution is -2.29. The van der Waals surface area contributed by atoms with Gasteiger partial charge in [-0.15, -0.1) is 0 Å². The molecule has 0 radical (unpaired) electrons. The first-order valence-electron chi connectivity index (χ1n) is 20.4. The largest absolute Gasteiger partial charge is 0.472 e. The van der Waals surface area contributed by atoms with Crippen molar-refractivity contribution in [2.75, 3.05) is 26.4 Å². The summed E-state index contributed by atoms with van der Waals surface area (Å²) >= 11 is 0. The van der Waals surface area contributed by atoms with E-state index in [1.165, 1.54) is 6.42 Å². The van der Waals surface area contributed by atoms with Crippen molar-refractivity contribution in [2.24, 2.45) is 5.73 Å². The van der Waals surface area contributed by atoms with Crippen LogP contribution in [0.3, 0.4) is 0 Å². The number of hydrogen-bond acceptors (Lipinski definition) is 8. The molecule has 55 heavy (non-hydrogen) atoms. The first kappa shape index (κ1) is 51.7. The Balaban J connectivity index is 4.38. The maximum atomic E-state index is 12.6. The number of carbonyl (C=O) groups is 2. The van der Waals surface area contributed by atoms with Gasteiger partial charge in [0.1, 0.15) is 6.61 Å². The zero-order valence-corrected chi connectivity index (χ0v) is 34.7. The van der Waals surface area contributed by atoms with Crippen molar-refractivity contribution < 1.29 is 37.6 Å². The van der Waals surface area contributed by atoms with Gasteiger partial charge in [-0.3, -0.25) is 18.6 Å². The molecule has 0 heterocycles. The van der Waals surface area contributed by atoms with Crippen LogP contribution in [0.5, 0.6) is 0 Å². The molecular formula is C45H72NO8P. The fraction of sp³-hybridized carbons (Fsp3) is 0.556. The highest BCUT2D eigenvalue weighted by Crippen LogP contribution is 2.43. The minimum Gasteiger partial charge on any atom is -0.462 e. The number of carbonyl (C=O) groups excluding carboxylic acids is 2. The van der Waals surface area contributed by atoms with Crippen LogP contribution in [0, 0.1) is 0 Å². The molecule has 10 heteroatoms. The van der Waals surface area contributed by atoms with Crippen molar-refractivity contribution in [3.63, 3.8) is 0 Å². The van der Waals surface area contributed by atoms with E-state index in [0.29, 0.717) is 12.8 Å². The van der Waals surface area contributed by atoms with Crippen LogP contribution in [0.1, 0.15) is 129 Å². The minimum absolute atomic E-state index is 0.0336. The normalized spacial score (nSPS) is 14.5. The van der Waals surface area contributed by atoms with Crippen LogP contribution in [0.15, 0.2) is 109 Å². The predicted octanol–water partition coefficient (Wildman–Crippen LogP) is 11.6. The maximum Gasteiger partial charge on any atom is 0.472 e. The average molecular weight is 786 g/mol. The number of rotatable bonds is 36. The topological polar surface area (TPSA) is 134 Å². The molecule has 0 aromatic carbocycles. The number of nitrogens with two attached hydrogens (primary N) is 1. The highest BCUT2D eigenvalue weighted by Gasteiger charge is 2.25. The number of allylic oxidation sites excluding steroid dienone is 18. The van der Waals surface area contributed by atoms with Gasteiger partial charge in [0.25, 0.3) is 0 Å². The summed E-state index contributed by atoms with van der Waals surface area (Å²) in [6.45, 7) is 3.41. The number of phosphoric acid groups is 1. The number of unbranched alkanes of at least 4 members (excludes halogenated alkanes) is 5. The Kier molecular flexibility index (Phi) is 37.9. The van der Waals surface area contributed by atoms with Crippen molar-refractivity contribution in [1.29, 1.82) is 0 Å². The summed E-state index contributed by atoms with van der Waals surface area (Å²) in [5.41, 5.74) is 5.33. The Morgan fingerprint density at radius 3 is 1.51 bits per heavy atom. The molecule has 0 aromatic rings. The van der Waals surface area contributed by atoms with Crippen molar-refractivity contribution in [3.8, 4) is 0 Å². The van der Waals surface area contributed by atoms with Gasteiger partial charge in [0, 0.05) is 19.4 Å². The van der Waals surface area contributed by atoms with Crippen LogP contribution in [0.25, 0.3) is 0 Å². The molecule has 0 saturated carbocycles. The quantitative estimate of drug-likeness (QED) is 0.0275. The fourth-order valence-corrected chi connectivity index (χ4v) is 5.42. The molecule has 0 aliphatic heterocycles. The third-order valence-electron chi connectivity index (χ3n) is 7.62. The van der Waals surface area contributed by atoms with E-state index in [1.54, 1.807) is 0 Å². The second kappa shape index (κ2) is 40.3. The van der Waals surface area contributed by atoms with Gasteiger partial charge < -0.3 is 20.1 Å². The van der Waals surface area contributed by atoms with Gasteiger partial charge in [-0.05, 0) is 89.9 Å². The second-order valence-electron chi connectivity index (χ2n) is 12.8. The van der Waals surface area contributed by atoms with Crippen LogP contribution >= 0.6 is 7.82 Å². The predicted molar refractivity (Wildman–Crippen MR) is 228 cm³/mol. The zero-order chi connectivity index (χ0) is 40.3. The van der Waals surface area contributed by atoms with Crippen LogP contribution < -0.4 is 5.73 Å². The summed E-state index contributed by atoms with van der Waals surface area (Å²) in [4.78, 5) is 34.8. The van der Waals surface area contributed by atoms with Crippen LogP contribution in [0.4, 0.5) is 0 Å². The number of hydrogen-bond donors (Lipinski definition) is 2. The van der Waals surface area contributed by atoms with Gasteiger partial charge in [0.05, 0.1) is 13.2 Å². The molecule has 0 saturated heterocycles. The number of ether oxygens (including phenoxy) is 2. The number of phosphoric ester groups is 1. The molecule has 310 valence electrons. The monoisotopic (exact) mass is 785 g/mol. The van der Waals surface area contributed by atoms with Gasteiger partial charge in [-0.25, -0.2) is 4.57 Å². The summed E-state index contributed by atoms with van der Waals surface area (Å²) in [7, 11) is -4.41. The van der Waals surface area contributed by atoms with Crippen LogP contribution in [-0.4, -0.2) is 49.3 Å². The molecule has 2 atom stereocenters. The second-order valence-corrected chi connectivity index (χ2v) is 14.2. The highest BCUT2D eigenvalue weighted by molar-refractivity contribution is 7.47. The van der Waals surface area contributed by atoms with Gasteiger partial charge in [-0.1, -0.05) is 136 Å². The van der Waals surface area contributed by atoms with E-state index in [2.05, 4.69) is 117 Å². The molecule has 0 fully saturated rings. The van der Waals surface area contributed by atoms with Crippen LogP contribution in [-0.2, 0) is 32.7 Å². The van der Waals surface area contributed by atoms with Crippen LogP contribution in [0.2, 0.25) is 0 Å². The van der Waals surface area contributed by atoms with Gasteiger partial charge in [0.15, 0.2) is 6.10 Å². The van der Waals surface area contributed by atoms with Gasteiger partial charge >= 0.3 is 19.8 Å². The summed E-state index contributed by atoms with van der Waals surface area (Å²) in [6, 6.07) is 0. The van der Waals surface area contributed by atoms with E-state index < -0.39 is 32.5 Å². The summed E-state index contributed by atoms with van der Waals surface area (Å²) in [5, 5.41) is 0. The molecule has 0 bridgehead atoms. The van der Waals surface area contributed by atoms with Gasteiger partial charge in [0.2, 0.25) is 0 Å². The van der Waals surface area contributed by atoms with E-state index in [4.69, 9.17) is 24.3 Å².